The van der Waals surface area contributed by atoms with Gasteiger partial charge in [-0.15, -0.1) is 0 Å². The number of hydrogen-bond donors (Lipinski definition) is 0. The van der Waals surface area contributed by atoms with Crippen molar-refractivity contribution in [1.82, 2.24) is 0 Å². The number of unbranched alkanes of at least 4 members (excludes halogenated alkanes) is 9. The Hall–Kier alpha value is -0.0800. The number of hydrogen-bond acceptors (Lipinski definition) is 1. The van der Waals surface area contributed by atoms with E-state index in [0.29, 0.717) is 0 Å². The third kappa shape index (κ3) is 14.6. The Kier molecular flexibility index (Phi) is 16.4. The summed E-state index contributed by atoms with van der Waals surface area (Å²) in [7, 11) is 7.14. The summed E-state index contributed by atoms with van der Waals surface area (Å²) in [5, 5.41) is 0. The molecule has 1 N–H and O–H groups in total. The molecule has 0 radical (unpaired) electrons. The fourth-order valence-electron chi connectivity index (χ4n) is 3.06. The minimum atomic E-state index is 0. The maximum absolute atomic E-state index is 2.38. The highest BCUT2D eigenvalue weighted by molar-refractivity contribution is 4.60. The zero-order valence-electron chi connectivity index (χ0n) is 15.7. The van der Waals surface area contributed by atoms with E-state index in [4.69, 9.17) is 0 Å². The Labute approximate surface area is 135 Å². The quantitative estimate of drug-likeness (QED) is 0.286. The van der Waals surface area contributed by atoms with Crippen molar-refractivity contribution in [3.8, 4) is 0 Å². The molecule has 0 heterocycles. The normalized spacial score (nSPS) is 13.0. The fourth-order valence-corrected chi connectivity index (χ4v) is 3.06. The first-order chi connectivity index (χ1) is 9.52. The molecule has 0 saturated heterocycles. The smallest absolute Gasteiger partial charge is 0.0884 e. The highest BCUT2D eigenvalue weighted by Gasteiger charge is 2.22. The fraction of sp³-hybridized carbons (Fsp3) is 1.00. The molecular formula is C19H43NO. The van der Waals surface area contributed by atoms with Gasteiger partial charge in [0.25, 0.3) is 0 Å². The van der Waals surface area contributed by atoms with Gasteiger partial charge in [0.1, 0.15) is 0 Å². The third-order valence-corrected chi connectivity index (χ3v) is 4.63. The van der Waals surface area contributed by atoms with E-state index in [-0.39, 0.29) is 5.48 Å². The van der Waals surface area contributed by atoms with Gasteiger partial charge in [-0.1, -0.05) is 71.6 Å². The average Bonchev–Trinajstić information content (AvgIpc) is 2.38. The molecule has 0 amide bonds. The summed E-state index contributed by atoms with van der Waals surface area (Å²) in [6.45, 7) is 4.60. The van der Waals surface area contributed by atoms with Crippen LogP contribution in [0.3, 0.4) is 0 Å². The van der Waals surface area contributed by atoms with Crippen LogP contribution in [0.4, 0.5) is 0 Å². The van der Waals surface area contributed by atoms with Crippen LogP contribution in [0.2, 0.25) is 0 Å². The standard InChI is InChI=1S/C19H42N.H2O/c1-6-8-10-12-13-14-16-18-19(20(3,4)5)17-15-11-9-7-2;/h19H,6-18H2,1-5H3;1H2/q+1;/p-1. The molecule has 2 heteroatoms. The van der Waals surface area contributed by atoms with Gasteiger partial charge in [0.2, 0.25) is 0 Å². The summed E-state index contributed by atoms with van der Waals surface area (Å²) in [4.78, 5) is 0. The third-order valence-electron chi connectivity index (χ3n) is 4.63. The Morgan fingerprint density at radius 2 is 0.905 bits per heavy atom. The molecule has 2 nitrogen and oxygen atoms in total. The molecule has 0 saturated carbocycles. The molecule has 0 aliphatic rings. The van der Waals surface area contributed by atoms with E-state index in [1.54, 1.807) is 0 Å². The van der Waals surface area contributed by atoms with Gasteiger partial charge in [-0.3, -0.25) is 0 Å². The molecule has 0 rings (SSSR count). The van der Waals surface area contributed by atoms with Crippen LogP contribution in [0.5, 0.6) is 0 Å². The van der Waals surface area contributed by atoms with Gasteiger partial charge in [0, 0.05) is 0 Å². The molecule has 21 heavy (non-hydrogen) atoms. The first-order valence-corrected chi connectivity index (χ1v) is 9.33. The van der Waals surface area contributed by atoms with Crippen LogP contribution in [0.1, 0.15) is 97.3 Å². The molecule has 0 aliphatic heterocycles. The summed E-state index contributed by atoms with van der Waals surface area (Å²) in [5.74, 6) is 0. The van der Waals surface area contributed by atoms with Crippen molar-refractivity contribution < 1.29 is 9.96 Å². The van der Waals surface area contributed by atoms with Crippen LogP contribution in [0.25, 0.3) is 0 Å². The molecule has 1 unspecified atom stereocenters. The largest absolute Gasteiger partial charge is 0.870 e. The average molecular weight is 302 g/mol. The predicted molar refractivity (Wildman–Crippen MR) is 95.1 cm³/mol. The van der Waals surface area contributed by atoms with Crippen LogP contribution in [0.15, 0.2) is 0 Å². The zero-order valence-corrected chi connectivity index (χ0v) is 15.7. The Morgan fingerprint density at radius 1 is 0.571 bits per heavy atom. The first kappa shape index (κ1) is 23.2. The summed E-state index contributed by atoms with van der Waals surface area (Å²) < 4.78 is 1.15. The van der Waals surface area contributed by atoms with Crippen LogP contribution in [-0.4, -0.2) is 37.1 Å². The molecule has 130 valence electrons. The predicted octanol–water partition coefficient (Wildman–Crippen LogP) is 6.00. The van der Waals surface area contributed by atoms with Gasteiger partial charge in [0.15, 0.2) is 0 Å². The molecule has 0 aromatic rings. The Balaban J connectivity index is 0. The van der Waals surface area contributed by atoms with E-state index in [1.165, 1.54) is 83.5 Å². The summed E-state index contributed by atoms with van der Waals surface area (Å²) in [6.07, 6.45) is 18.6. The van der Waals surface area contributed by atoms with Crippen molar-refractivity contribution in [1.29, 1.82) is 0 Å². The van der Waals surface area contributed by atoms with Gasteiger partial charge < -0.3 is 9.96 Å². The molecule has 0 fully saturated rings. The van der Waals surface area contributed by atoms with E-state index in [2.05, 4.69) is 35.0 Å². The van der Waals surface area contributed by atoms with E-state index in [0.717, 1.165) is 10.5 Å². The number of quaternary nitrogens is 1. The SMILES string of the molecule is CCCCCCCCCC(CCCCCC)[N+](C)(C)C.[OH-]. The van der Waals surface area contributed by atoms with E-state index < -0.39 is 0 Å². The molecule has 0 bridgehead atoms. The lowest BCUT2D eigenvalue weighted by Crippen LogP contribution is -2.45. The monoisotopic (exact) mass is 301 g/mol. The Morgan fingerprint density at radius 3 is 1.29 bits per heavy atom. The Bertz CT molecular complexity index is 198. The first-order valence-electron chi connectivity index (χ1n) is 9.33. The second kappa shape index (κ2) is 14.8. The van der Waals surface area contributed by atoms with E-state index in [9.17, 15) is 0 Å². The number of nitrogens with zero attached hydrogens (tertiary/aromatic N) is 1. The van der Waals surface area contributed by atoms with Gasteiger partial charge in [-0.2, -0.15) is 0 Å². The number of rotatable bonds is 14. The van der Waals surface area contributed by atoms with Crippen molar-refractivity contribution in [2.45, 2.75) is 103 Å². The molecule has 1 atom stereocenters. The zero-order chi connectivity index (χ0) is 15.3. The van der Waals surface area contributed by atoms with Crippen molar-refractivity contribution >= 4 is 0 Å². The van der Waals surface area contributed by atoms with Crippen LogP contribution >= 0.6 is 0 Å². The van der Waals surface area contributed by atoms with E-state index in [1.807, 2.05) is 0 Å². The van der Waals surface area contributed by atoms with E-state index >= 15 is 0 Å². The van der Waals surface area contributed by atoms with Gasteiger partial charge in [0.05, 0.1) is 27.2 Å². The maximum Gasteiger partial charge on any atom is 0.0884 e. The van der Waals surface area contributed by atoms with Crippen LogP contribution in [-0.2, 0) is 0 Å². The second-order valence-corrected chi connectivity index (χ2v) is 7.53. The highest BCUT2D eigenvalue weighted by Crippen LogP contribution is 2.20. The molecule has 0 aromatic heterocycles. The highest BCUT2D eigenvalue weighted by atomic mass is 16.0. The van der Waals surface area contributed by atoms with Crippen molar-refractivity contribution in [2.24, 2.45) is 0 Å². The molecule has 0 aliphatic carbocycles. The minimum Gasteiger partial charge on any atom is -0.870 e. The van der Waals surface area contributed by atoms with Crippen molar-refractivity contribution in [3.63, 3.8) is 0 Å². The topological polar surface area (TPSA) is 30.0 Å². The van der Waals surface area contributed by atoms with Crippen LogP contribution < -0.4 is 0 Å². The van der Waals surface area contributed by atoms with Gasteiger partial charge in [-0.05, 0) is 25.7 Å². The molecule has 0 spiro atoms. The second-order valence-electron chi connectivity index (χ2n) is 7.53. The lowest BCUT2D eigenvalue weighted by Gasteiger charge is -2.34. The summed E-state index contributed by atoms with van der Waals surface area (Å²) in [5.41, 5.74) is 0. The summed E-state index contributed by atoms with van der Waals surface area (Å²) in [6, 6.07) is 0.877. The molecule has 0 aromatic carbocycles. The lowest BCUT2D eigenvalue weighted by molar-refractivity contribution is -0.896. The summed E-state index contributed by atoms with van der Waals surface area (Å²) >= 11 is 0. The minimum absolute atomic E-state index is 0. The lowest BCUT2D eigenvalue weighted by atomic mass is 9.98. The van der Waals surface area contributed by atoms with Gasteiger partial charge in [-0.25, -0.2) is 0 Å². The van der Waals surface area contributed by atoms with Crippen molar-refractivity contribution in [2.75, 3.05) is 21.1 Å². The van der Waals surface area contributed by atoms with Crippen molar-refractivity contribution in [3.05, 3.63) is 0 Å². The molecular weight excluding hydrogens is 258 g/mol. The maximum atomic E-state index is 2.38. The van der Waals surface area contributed by atoms with Crippen LogP contribution in [0, 0.1) is 0 Å². The van der Waals surface area contributed by atoms with Gasteiger partial charge >= 0.3 is 0 Å².